The summed E-state index contributed by atoms with van der Waals surface area (Å²) in [6, 6.07) is 24.2. The number of rotatable bonds is 6. The number of nitrogens with one attached hydrogen (secondary N) is 1. The Hall–Kier alpha value is -6.25. The Morgan fingerprint density at radius 1 is 0.604 bits per heavy atom. The third-order valence-corrected chi connectivity index (χ3v) is 9.72. The number of anilines is 1. The molecule has 53 heavy (non-hydrogen) atoms. The molecule has 2 aromatic heterocycles. The van der Waals surface area contributed by atoms with E-state index in [2.05, 4.69) is 5.32 Å². The van der Waals surface area contributed by atoms with Crippen LogP contribution in [0.1, 0.15) is 42.5 Å². The van der Waals surface area contributed by atoms with Crippen LogP contribution >= 0.6 is 23.2 Å². The quantitative estimate of drug-likeness (QED) is 0.127. The van der Waals surface area contributed by atoms with Crippen molar-refractivity contribution in [1.29, 1.82) is 0 Å². The number of amides is 4. The fourth-order valence-electron chi connectivity index (χ4n) is 6.51. The molecule has 6 N–H and O–H groups in total. The second kappa shape index (κ2) is 15.2. The van der Waals surface area contributed by atoms with Crippen molar-refractivity contribution in [3.05, 3.63) is 123 Å². The SMILES string of the molecule is NC(=O)c1c(Cl)c(-c2ccccc2)n2c1CN(C(=O)Nc1ccc(C(=O)O)cc1)CC2.O=C(O)c1c(Cl)c(-c2ccccc2)n2c1CN(C(=O)O)CC2. The molecule has 0 saturated heterocycles. The predicted molar refractivity (Wildman–Crippen MR) is 196 cm³/mol. The van der Waals surface area contributed by atoms with Crippen LogP contribution in [0.25, 0.3) is 22.5 Å². The van der Waals surface area contributed by atoms with Crippen LogP contribution in [0.5, 0.6) is 0 Å². The highest BCUT2D eigenvalue weighted by molar-refractivity contribution is 6.37. The lowest BCUT2D eigenvalue weighted by Gasteiger charge is -2.30. The molecule has 0 spiro atoms. The maximum atomic E-state index is 12.8. The molecule has 4 amide bonds. The van der Waals surface area contributed by atoms with Crippen LogP contribution in [-0.4, -0.2) is 77.3 Å². The van der Waals surface area contributed by atoms with Crippen molar-refractivity contribution in [2.45, 2.75) is 26.2 Å². The van der Waals surface area contributed by atoms with Crippen LogP contribution in [0.4, 0.5) is 15.3 Å². The van der Waals surface area contributed by atoms with Gasteiger partial charge < -0.3 is 45.3 Å². The molecular weight excluding hydrogens is 727 g/mol. The minimum absolute atomic E-state index is 0.0174. The zero-order chi connectivity index (χ0) is 38.0. The monoisotopic (exact) mass is 758 g/mol. The van der Waals surface area contributed by atoms with Crippen LogP contribution < -0.4 is 11.1 Å². The zero-order valence-corrected chi connectivity index (χ0v) is 29.3. The second-order valence-electron chi connectivity index (χ2n) is 12.1. The minimum atomic E-state index is -1.15. The van der Waals surface area contributed by atoms with Gasteiger partial charge in [0.05, 0.1) is 57.0 Å². The van der Waals surface area contributed by atoms with Crippen molar-refractivity contribution < 1.29 is 39.3 Å². The molecule has 0 atom stereocenters. The van der Waals surface area contributed by atoms with Crippen molar-refractivity contribution in [3.8, 4) is 22.5 Å². The van der Waals surface area contributed by atoms with Crippen molar-refractivity contribution in [2.24, 2.45) is 5.73 Å². The van der Waals surface area contributed by atoms with E-state index in [4.69, 9.17) is 39.1 Å². The number of carboxylic acids is 2. The first-order valence-corrected chi connectivity index (χ1v) is 17.0. The van der Waals surface area contributed by atoms with Crippen LogP contribution in [0.3, 0.4) is 0 Å². The maximum Gasteiger partial charge on any atom is 0.407 e. The molecule has 0 bridgehead atoms. The number of aromatic carboxylic acids is 2. The zero-order valence-electron chi connectivity index (χ0n) is 27.8. The number of nitrogens with zero attached hydrogens (tertiary/aromatic N) is 4. The number of aromatic nitrogens is 2. The van der Waals surface area contributed by atoms with Gasteiger partial charge >= 0.3 is 24.1 Å². The van der Waals surface area contributed by atoms with E-state index in [-0.39, 0.29) is 45.9 Å². The summed E-state index contributed by atoms with van der Waals surface area (Å²) >= 11 is 12.9. The van der Waals surface area contributed by atoms with Gasteiger partial charge in [-0.15, -0.1) is 0 Å². The van der Waals surface area contributed by atoms with Gasteiger partial charge in [0.2, 0.25) is 0 Å². The molecule has 0 aliphatic carbocycles. The second-order valence-corrected chi connectivity index (χ2v) is 12.9. The Morgan fingerprint density at radius 3 is 1.55 bits per heavy atom. The molecule has 2 aliphatic heterocycles. The first-order valence-electron chi connectivity index (χ1n) is 16.2. The number of fused-ring (bicyclic) bond motifs is 2. The average Bonchev–Trinajstić information content (AvgIpc) is 3.61. The number of urea groups is 1. The Morgan fingerprint density at radius 2 is 1.08 bits per heavy atom. The highest BCUT2D eigenvalue weighted by Gasteiger charge is 2.33. The van der Waals surface area contributed by atoms with Gasteiger partial charge in [-0.05, 0) is 35.4 Å². The fraction of sp³-hybridized carbons (Fsp3) is 0.162. The Bertz CT molecular complexity index is 2240. The number of carbonyl (C=O) groups excluding carboxylic acids is 2. The Kier molecular flexibility index (Phi) is 10.4. The Balaban J connectivity index is 0.000000192. The van der Waals surface area contributed by atoms with Gasteiger partial charge in [-0.3, -0.25) is 4.79 Å². The first kappa shape index (κ1) is 36.5. The van der Waals surface area contributed by atoms with Crippen molar-refractivity contribution in [3.63, 3.8) is 0 Å². The van der Waals surface area contributed by atoms with Crippen LogP contribution in [0.2, 0.25) is 10.0 Å². The van der Waals surface area contributed by atoms with Gasteiger partial charge in [0, 0.05) is 31.9 Å². The molecule has 0 radical (unpaired) electrons. The van der Waals surface area contributed by atoms with E-state index in [0.29, 0.717) is 54.6 Å². The van der Waals surface area contributed by atoms with E-state index < -0.39 is 23.9 Å². The maximum absolute atomic E-state index is 12.8. The predicted octanol–water partition coefficient (Wildman–Crippen LogP) is 6.65. The number of primary amides is 1. The van der Waals surface area contributed by atoms with Gasteiger partial charge in [0.1, 0.15) is 5.56 Å². The normalized spacial score (nSPS) is 13.2. The Labute approximate surface area is 312 Å². The standard InChI is InChI=1S/C22H19ClN4O4.C15H13ClN2O4/c23-18-17(20(24)28)16-12-26(10-11-27(16)19(18)13-4-2-1-3-5-13)22(31)25-15-8-6-14(7-9-15)21(29)30;16-12-11(14(19)20)10-8-17(15(21)22)6-7-18(10)13(12)9-4-2-1-3-5-9/h1-9H,10-12H2,(H2,24,28)(H,25,31)(H,29,30);1-5H,6-8H2,(H,19,20)(H,21,22). The van der Waals surface area contributed by atoms with Crippen LogP contribution in [0.15, 0.2) is 84.9 Å². The molecule has 272 valence electrons. The minimum Gasteiger partial charge on any atom is -0.478 e. The lowest BCUT2D eigenvalue weighted by atomic mass is 10.1. The summed E-state index contributed by atoms with van der Waals surface area (Å²) in [4.78, 5) is 61.3. The number of halogens is 2. The van der Waals surface area contributed by atoms with E-state index >= 15 is 0 Å². The highest BCUT2D eigenvalue weighted by atomic mass is 35.5. The topological polar surface area (TPSA) is 200 Å². The molecule has 4 heterocycles. The van der Waals surface area contributed by atoms with Gasteiger partial charge in [0.25, 0.3) is 5.91 Å². The van der Waals surface area contributed by atoms with Crippen molar-refractivity contribution >= 4 is 58.9 Å². The molecule has 0 unspecified atom stereocenters. The lowest BCUT2D eigenvalue weighted by molar-refractivity contribution is 0.0683. The molecule has 16 heteroatoms. The van der Waals surface area contributed by atoms with Gasteiger partial charge in [-0.25, -0.2) is 19.2 Å². The van der Waals surface area contributed by atoms with E-state index in [1.54, 1.807) is 9.47 Å². The first-order chi connectivity index (χ1) is 25.4. The molecule has 14 nitrogen and oxygen atoms in total. The third kappa shape index (κ3) is 7.27. The molecule has 2 aliphatic rings. The van der Waals surface area contributed by atoms with E-state index in [1.807, 2.05) is 65.2 Å². The third-order valence-electron chi connectivity index (χ3n) is 8.99. The molecule has 7 rings (SSSR count). The summed E-state index contributed by atoms with van der Waals surface area (Å²) in [6.45, 7) is 1.69. The number of carbonyl (C=O) groups is 5. The molecule has 0 fully saturated rings. The molecular formula is C37H32Cl2N6O8. The summed E-state index contributed by atoms with van der Waals surface area (Å²) in [5, 5.41) is 30.7. The number of nitrogens with two attached hydrogens (primary N) is 1. The highest BCUT2D eigenvalue weighted by Crippen LogP contribution is 2.39. The summed E-state index contributed by atoms with van der Waals surface area (Å²) in [7, 11) is 0. The summed E-state index contributed by atoms with van der Waals surface area (Å²) in [5.41, 5.74) is 10.4. The van der Waals surface area contributed by atoms with Crippen LogP contribution in [0, 0.1) is 0 Å². The molecule has 5 aromatic rings. The average molecular weight is 760 g/mol. The molecule has 3 aromatic carbocycles. The van der Waals surface area contributed by atoms with E-state index in [9.17, 15) is 29.1 Å². The van der Waals surface area contributed by atoms with Crippen LogP contribution in [-0.2, 0) is 26.2 Å². The number of benzene rings is 3. The van der Waals surface area contributed by atoms with Crippen molar-refractivity contribution in [1.82, 2.24) is 18.9 Å². The summed E-state index contributed by atoms with van der Waals surface area (Å²) in [6.07, 6.45) is -1.07. The fourth-order valence-corrected chi connectivity index (χ4v) is 7.32. The smallest absolute Gasteiger partial charge is 0.407 e. The van der Waals surface area contributed by atoms with Gasteiger partial charge in [-0.1, -0.05) is 83.9 Å². The number of hydrogen-bond acceptors (Lipinski definition) is 5. The van der Waals surface area contributed by atoms with Gasteiger partial charge in [-0.2, -0.15) is 0 Å². The van der Waals surface area contributed by atoms with E-state index in [0.717, 1.165) is 11.1 Å². The number of carboxylic acid groups (broad SMARTS) is 3. The van der Waals surface area contributed by atoms with E-state index in [1.165, 1.54) is 29.2 Å². The lowest BCUT2D eigenvalue weighted by Crippen LogP contribution is -2.41. The summed E-state index contributed by atoms with van der Waals surface area (Å²) in [5.74, 6) is -2.84. The molecule has 0 saturated carbocycles. The summed E-state index contributed by atoms with van der Waals surface area (Å²) < 4.78 is 3.74. The van der Waals surface area contributed by atoms with Crippen molar-refractivity contribution in [2.75, 3.05) is 18.4 Å². The largest absolute Gasteiger partial charge is 0.478 e. The number of hydrogen-bond donors (Lipinski definition) is 5. The van der Waals surface area contributed by atoms with Gasteiger partial charge in [0.15, 0.2) is 0 Å².